The van der Waals surface area contributed by atoms with Gasteiger partial charge >= 0.3 is 0 Å². The van der Waals surface area contributed by atoms with E-state index in [4.69, 9.17) is 4.98 Å². The third-order valence-corrected chi connectivity index (χ3v) is 13.6. The van der Waals surface area contributed by atoms with E-state index in [1.54, 1.807) is 0 Å². The summed E-state index contributed by atoms with van der Waals surface area (Å²) in [4.78, 5) is 5.51. The summed E-state index contributed by atoms with van der Waals surface area (Å²) in [7, 11) is 0. The number of hydrogen-bond acceptors (Lipinski definition) is 1. The normalized spacial score (nSPS) is 12.0. The van der Waals surface area contributed by atoms with Crippen LogP contribution in [0.5, 0.6) is 0 Å². The van der Waals surface area contributed by atoms with Gasteiger partial charge in [-0.25, -0.2) is 4.98 Å². The van der Waals surface area contributed by atoms with Crippen molar-refractivity contribution in [2.45, 2.75) is 0 Å². The highest BCUT2D eigenvalue weighted by atomic mass is 15.0. The van der Waals surface area contributed by atoms with Gasteiger partial charge in [-0.15, -0.1) is 0 Å². The van der Waals surface area contributed by atoms with Crippen LogP contribution >= 0.6 is 0 Å². The zero-order valence-electron chi connectivity index (χ0n) is 35.2. The summed E-state index contributed by atoms with van der Waals surface area (Å²) in [5.74, 6) is 0. The van der Waals surface area contributed by atoms with Crippen molar-refractivity contribution in [1.29, 1.82) is 0 Å². The second-order valence-electron chi connectivity index (χ2n) is 17.1. The van der Waals surface area contributed by atoms with Crippen LogP contribution in [0.2, 0.25) is 0 Å². The number of aromatic nitrogens is 4. The average molecular weight is 827 g/mol. The van der Waals surface area contributed by atoms with Crippen LogP contribution in [-0.4, -0.2) is 18.7 Å². The molecule has 0 bridgehead atoms. The molecule has 4 nitrogen and oxygen atoms in total. The molecule has 0 saturated heterocycles. The highest BCUT2D eigenvalue weighted by molar-refractivity contribution is 6.27. The van der Waals surface area contributed by atoms with Gasteiger partial charge in [0.25, 0.3) is 0 Å². The monoisotopic (exact) mass is 826 g/mol. The molecular formula is C61H38N4. The van der Waals surface area contributed by atoms with Gasteiger partial charge in [-0.05, 0) is 83.9 Å². The van der Waals surface area contributed by atoms with E-state index in [-0.39, 0.29) is 0 Å². The lowest BCUT2D eigenvalue weighted by molar-refractivity contribution is 1.13. The Morgan fingerprint density at radius 1 is 0.262 bits per heavy atom. The quantitative estimate of drug-likeness (QED) is 0.159. The van der Waals surface area contributed by atoms with Crippen LogP contribution in [0.15, 0.2) is 231 Å². The lowest BCUT2D eigenvalue weighted by Gasteiger charge is -2.17. The van der Waals surface area contributed by atoms with Gasteiger partial charge in [-0.3, -0.25) is 0 Å². The first-order valence-corrected chi connectivity index (χ1v) is 22.3. The van der Waals surface area contributed by atoms with E-state index in [2.05, 4.69) is 244 Å². The fourth-order valence-corrected chi connectivity index (χ4v) is 10.8. The molecule has 0 spiro atoms. The maximum Gasteiger partial charge on any atom is 0.0789 e. The summed E-state index contributed by atoms with van der Waals surface area (Å²) in [5.41, 5.74) is 15.7. The van der Waals surface area contributed by atoms with Gasteiger partial charge < -0.3 is 13.7 Å². The van der Waals surface area contributed by atoms with Crippen LogP contribution in [0.4, 0.5) is 0 Å². The van der Waals surface area contributed by atoms with Crippen molar-refractivity contribution in [3.8, 4) is 39.4 Å². The highest BCUT2D eigenvalue weighted by Gasteiger charge is 2.21. The molecule has 10 aromatic carbocycles. The third kappa shape index (κ3) is 5.28. The molecule has 0 fully saturated rings. The molecule has 0 amide bonds. The molecule has 0 aliphatic heterocycles. The maximum absolute atomic E-state index is 5.51. The van der Waals surface area contributed by atoms with E-state index >= 15 is 0 Å². The topological polar surface area (TPSA) is 27.7 Å². The van der Waals surface area contributed by atoms with E-state index in [9.17, 15) is 0 Å². The molecule has 0 N–H and O–H groups in total. The molecule has 0 unspecified atom stereocenters. The molecule has 65 heavy (non-hydrogen) atoms. The van der Waals surface area contributed by atoms with Crippen LogP contribution in [0.1, 0.15) is 0 Å². The first kappa shape index (κ1) is 35.8. The van der Waals surface area contributed by atoms with Gasteiger partial charge in [0.1, 0.15) is 0 Å². The summed E-state index contributed by atoms with van der Waals surface area (Å²) in [5, 5.41) is 10.9. The Morgan fingerprint density at radius 2 is 0.708 bits per heavy atom. The Labute approximate surface area is 374 Å². The number of nitrogens with zero attached hydrogens (tertiary/aromatic N) is 4. The second kappa shape index (κ2) is 13.9. The van der Waals surface area contributed by atoms with Crippen molar-refractivity contribution in [2.24, 2.45) is 0 Å². The minimum Gasteiger partial charge on any atom is -0.309 e. The van der Waals surface area contributed by atoms with Gasteiger partial charge in [0.2, 0.25) is 0 Å². The number of benzene rings is 10. The molecule has 0 radical (unpaired) electrons. The minimum absolute atomic E-state index is 0.966. The van der Waals surface area contributed by atoms with Crippen molar-refractivity contribution < 1.29 is 0 Å². The van der Waals surface area contributed by atoms with E-state index in [1.807, 2.05) is 0 Å². The van der Waals surface area contributed by atoms with E-state index in [0.717, 1.165) is 55.7 Å². The molecule has 4 aromatic heterocycles. The Morgan fingerprint density at radius 3 is 1.28 bits per heavy atom. The zero-order valence-corrected chi connectivity index (χ0v) is 35.2. The predicted octanol–water partition coefficient (Wildman–Crippen LogP) is 16.0. The van der Waals surface area contributed by atoms with Crippen LogP contribution in [0.25, 0.3) is 127 Å². The van der Waals surface area contributed by atoms with Crippen LogP contribution < -0.4 is 0 Å². The molecule has 14 aromatic rings. The maximum atomic E-state index is 5.51. The summed E-state index contributed by atoms with van der Waals surface area (Å²) < 4.78 is 7.31. The molecule has 0 atom stereocenters. The van der Waals surface area contributed by atoms with Crippen molar-refractivity contribution >= 4 is 87.1 Å². The average Bonchev–Trinajstić information content (AvgIpc) is 4.02. The molecule has 302 valence electrons. The second-order valence-corrected chi connectivity index (χ2v) is 17.1. The highest BCUT2D eigenvalue weighted by Crippen LogP contribution is 2.43. The fourth-order valence-electron chi connectivity index (χ4n) is 10.8. The Hall–Kier alpha value is -8.73. The largest absolute Gasteiger partial charge is 0.309 e. The van der Waals surface area contributed by atoms with Gasteiger partial charge in [0.15, 0.2) is 0 Å². The smallest absolute Gasteiger partial charge is 0.0789 e. The van der Waals surface area contributed by atoms with Crippen LogP contribution in [0, 0.1) is 0 Å². The Kier molecular flexibility index (Phi) is 7.65. The van der Waals surface area contributed by atoms with E-state index in [0.29, 0.717) is 0 Å². The van der Waals surface area contributed by atoms with E-state index < -0.39 is 0 Å². The summed E-state index contributed by atoms with van der Waals surface area (Å²) >= 11 is 0. The number of para-hydroxylation sites is 7. The van der Waals surface area contributed by atoms with E-state index in [1.165, 1.54) is 70.8 Å². The Bertz CT molecular complexity index is 4000. The SMILES string of the molecule is c1ccc(-n2c3ccccc3c3ccc4c(-c5cccc(-c6cc(-n7c8ccccc8c8ccccc87)cc(-n7c8ccccc8c8ccccc87)c6)c5)nc5ccccc5c4c32)cc1. The first-order valence-electron chi connectivity index (χ1n) is 22.3. The van der Waals surface area contributed by atoms with Crippen LogP contribution in [-0.2, 0) is 0 Å². The fraction of sp³-hybridized carbons (Fsp3) is 0. The third-order valence-electron chi connectivity index (χ3n) is 13.6. The molecule has 0 aliphatic rings. The standard InChI is InChI=1S/C61H38N4/c1-2-19-42(20-3-1)65-58-32-15-9-25-49(58)50-33-34-52-59(61(50)65)51-26-4-10-27-53(51)62-60(52)40-18-16-17-39(35-40)41-36-43(63-54-28-11-5-21-45(54)46-22-6-12-29-55(46)63)38-44(37-41)64-56-30-13-7-23-47(56)48-24-8-14-31-57(48)64/h1-38H. The lowest BCUT2D eigenvalue weighted by Crippen LogP contribution is -2.00. The summed E-state index contributed by atoms with van der Waals surface area (Å²) in [6, 6.07) is 83.9. The minimum atomic E-state index is 0.966. The lowest BCUT2D eigenvalue weighted by atomic mass is 9.95. The summed E-state index contributed by atoms with van der Waals surface area (Å²) in [6.45, 7) is 0. The molecule has 0 aliphatic carbocycles. The molecule has 14 rings (SSSR count). The van der Waals surface area contributed by atoms with Gasteiger partial charge in [-0.2, -0.15) is 0 Å². The number of pyridine rings is 1. The van der Waals surface area contributed by atoms with Crippen molar-refractivity contribution in [3.05, 3.63) is 231 Å². The molecule has 0 saturated carbocycles. The van der Waals surface area contributed by atoms with Gasteiger partial charge in [0, 0.05) is 71.1 Å². The first-order chi connectivity index (χ1) is 32.3. The van der Waals surface area contributed by atoms with Crippen molar-refractivity contribution in [1.82, 2.24) is 18.7 Å². The molecule has 4 heterocycles. The summed E-state index contributed by atoms with van der Waals surface area (Å²) in [6.07, 6.45) is 0. The van der Waals surface area contributed by atoms with Crippen LogP contribution in [0.3, 0.4) is 0 Å². The van der Waals surface area contributed by atoms with Gasteiger partial charge in [-0.1, -0.05) is 158 Å². The van der Waals surface area contributed by atoms with Crippen molar-refractivity contribution in [3.63, 3.8) is 0 Å². The predicted molar refractivity (Wildman–Crippen MR) is 273 cm³/mol. The molecular weight excluding hydrogens is 789 g/mol. The number of rotatable bonds is 5. The zero-order chi connectivity index (χ0) is 42.6. The number of hydrogen-bond donors (Lipinski definition) is 0. The number of fused-ring (bicyclic) bond motifs is 13. The molecule has 4 heteroatoms. The Balaban J connectivity index is 1.05. The van der Waals surface area contributed by atoms with Crippen molar-refractivity contribution in [2.75, 3.05) is 0 Å². The van der Waals surface area contributed by atoms with Gasteiger partial charge in [0.05, 0.1) is 44.3 Å².